The van der Waals surface area contributed by atoms with Crippen molar-refractivity contribution in [1.82, 2.24) is 4.98 Å². The summed E-state index contributed by atoms with van der Waals surface area (Å²) >= 11 is 3.38. The van der Waals surface area contributed by atoms with E-state index in [-0.39, 0.29) is 0 Å². The standard InChI is InChI=1S/C9H14N2S2/c1-6(2)4-5-12-8-7(3)11-9(10)13-8/h1,4-5H2,2-3H3,(H2,10,11). The van der Waals surface area contributed by atoms with Crippen LogP contribution in [-0.2, 0) is 0 Å². The highest BCUT2D eigenvalue weighted by atomic mass is 32.2. The van der Waals surface area contributed by atoms with Crippen LogP contribution >= 0.6 is 23.1 Å². The van der Waals surface area contributed by atoms with Gasteiger partial charge in [-0.3, -0.25) is 0 Å². The summed E-state index contributed by atoms with van der Waals surface area (Å²) in [6, 6.07) is 0. The molecule has 1 aromatic rings. The Morgan fingerprint density at radius 1 is 1.69 bits per heavy atom. The third-order valence-corrected chi connectivity index (χ3v) is 3.88. The van der Waals surface area contributed by atoms with Crippen molar-refractivity contribution in [3.05, 3.63) is 17.8 Å². The molecule has 1 rings (SSSR count). The Kier molecular flexibility index (Phi) is 3.81. The first-order chi connectivity index (χ1) is 6.09. The van der Waals surface area contributed by atoms with Crippen molar-refractivity contribution < 1.29 is 0 Å². The number of nitrogen functional groups attached to an aromatic ring is 1. The maximum absolute atomic E-state index is 5.59. The van der Waals surface area contributed by atoms with E-state index in [9.17, 15) is 0 Å². The summed E-state index contributed by atoms with van der Waals surface area (Å²) < 4.78 is 1.23. The highest BCUT2D eigenvalue weighted by Crippen LogP contribution is 2.31. The predicted octanol–water partition coefficient (Wildman–Crippen LogP) is 3.09. The molecule has 0 atom stereocenters. The van der Waals surface area contributed by atoms with Crippen LogP contribution in [0, 0.1) is 6.92 Å². The predicted molar refractivity (Wildman–Crippen MR) is 61.4 cm³/mol. The molecule has 2 N–H and O–H groups in total. The number of nitrogens with zero attached hydrogens (tertiary/aromatic N) is 1. The van der Waals surface area contributed by atoms with Gasteiger partial charge in [0, 0.05) is 5.75 Å². The molecule has 0 amide bonds. The van der Waals surface area contributed by atoms with Crippen molar-refractivity contribution in [3.8, 4) is 0 Å². The summed E-state index contributed by atoms with van der Waals surface area (Å²) in [6.07, 6.45) is 1.06. The fraction of sp³-hybridized carbons (Fsp3) is 0.444. The van der Waals surface area contributed by atoms with Gasteiger partial charge in [0.1, 0.15) is 0 Å². The molecule has 0 fully saturated rings. The zero-order chi connectivity index (χ0) is 9.84. The van der Waals surface area contributed by atoms with Crippen LogP contribution in [-0.4, -0.2) is 10.7 Å². The minimum Gasteiger partial charge on any atom is -0.375 e. The fourth-order valence-electron chi connectivity index (χ4n) is 0.854. The zero-order valence-electron chi connectivity index (χ0n) is 7.96. The van der Waals surface area contributed by atoms with E-state index in [0.29, 0.717) is 5.13 Å². The van der Waals surface area contributed by atoms with Crippen molar-refractivity contribution in [2.75, 3.05) is 11.5 Å². The molecular weight excluding hydrogens is 200 g/mol. The normalized spacial score (nSPS) is 10.3. The topological polar surface area (TPSA) is 38.9 Å². The molecule has 0 radical (unpaired) electrons. The minimum atomic E-state index is 0.662. The maximum atomic E-state index is 5.59. The fourth-order valence-corrected chi connectivity index (χ4v) is 3.05. The highest BCUT2D eigenvalue weighted by molar-refractivity contribution is 8.01. The molecule has 0 aliphatic heterocycles. The molecule has 0 spiro atoms. The SMILES string of the molecule is C=C(C)CCSc1sc(N)nc1C. The molecule has 0 saturated heterocycles. The van der Waals surface area contributed by atoms with Crippen LogP contribution in [0.4, 0.5) is 5.13 Å². The van der Waals surface area contributed by atoms with Crippen LogP contribution in [0.2, 0.25) is 0 Å². The third kappa shape index (κ3) is 3.40. The van der Waals surface area contributed by atoms with Crippen molar-refractivity contribution in [2.45, 2.75) is 24.5 Å². The molecule has 72 valence electrons. The first-order valence-electron chi connectivity index (χ1n) is 4.09. The van der Waals surface area contributed by atoms with Crippen molar-refractivity contribution >= 4 is 28.2 Å². The molecule has 0 aliphatic rings. The molecule has 13 heavy (non-hydrogen) atoms. The molecule has 0 bridgehead atoms. The van der Waals surface area contributed by atoms with E-state index in [4.69, 9.17) is 5.73 Å². The Balaban J connectivity index is 2.45. The Morgan fingerprint density at radius 3 is 2.85 bits per heavy atom. The Hall–Kier alpha value is -0.480. The van der Waals surface area contributed by atoms with Gasteiger partial charge in [-0.1, -0.05) is 16.9 Å². The lowest BCUT2D eigenvalue weighted by atomic mass is 10.3. The molecule has 1 heterocycles. The number of nitrogens with two attached hydrogens (primary N) is 1. The molecular formula is C9H14N2S2. The summed E-state index contributed by atoms with van der Waals surface area (Å²) in [5, 5.41) is 0.662. The third-order valence-electron chi connectivity index (χ3n) is 1.53. The second-order valence-electron chi connectivity index (χ2n) is 2.98. The number of thioether (sulfide) groups is 1. The zero-order valence-corrected chi connectivity index (χ0v) is 9.60. The van der Waals surface area contributed by atoms with E-state index < -0.39 is 0 Å². The first-order valence-corrected chi connectivity index (χ1v) is 5.90. The van der Waals surface area contributed by atoms with Crippen molar-refractivity contribution in [1.29, 1.82) is 0 Å². The minimum absolute atomic E-state index is 0.662. The number of hydrogen-bond acceptors (Lipinski definition) is 4. The Labute approximate surface area is 87.3 Å². The lowest BCUT2D eigenvalue weighted by molar-refractivity contribution is 1.12. The molecule has 0 unspecified atom stereocenters. The van der Waals surface area contributed by atoms with E-state index in [1.807, 2.05) is 18.7 Å². The Morgan fingerprint density at radius 2 is 2.38 bits per heavy atom. The monoisotopic (exact) mass is 214 g/mol. The number of aryl methyl sites for hydroxylation is 1. The number of hydrogen-bond donors (Lipinski definition) is 1. The average Bonchev–Trinajstić information content (AvgIpc) is 2.29. The van der Waals surface area contributed by atoms with Gasteiger partial charge in [0.05, 0.1) is 9.90 Å². The summed E-state index contributed by atoms with van der Waals surface area (Å²) in [5.41, 5.74) is 7.86. The second-order valence-corrected chi connectivity index (χ2v) is 5.37. The van der Waals surface area contributed by atoms with Gasteiger partial charge in [0.2, 0.25) is 0 Å². The van der Waals surface area contributed by atoms with Gasteiger partial charge >= 0.3 is 0 Å². The van der Waals surface area contributed by atoms with E-state index in [1.54, 1.807) is 11.3 Å². The molecule has 2 nitrogen and oxygen atoms in total. The van der Waals surface area contributed by atoms with Crippen molar-refractivity contribution in [3.63, 3.8) is 0 Å². The van der Waals surface area contributed by atoms with Gasteiger partial charge in [-0.2, -0.15) is 0 Å². The molecule has 0 aromatic carbocycles. The van der Waals surface area contributed by atoms with Crippen LogP contribution in [0.1, 0.15) is 19.0 Å². The van der Waals surface area contributed by atoms with Crippen LogP contribution < -0.4 is 5.73 Å². The molecule has 1 aromatic heterocycles. The second kappa shape index (κ2) is 4.67. The van der Waals surface area contributed by atoms with Gasteiger partial charge in [-0.05, 0) is 20.3 Å². The largest absolute Gasteiger partial charge is 0.375 e. The summed E-state index contributed by atoms with van der Waals surface area (Å²) in [6.45, 7) is 7.91. The van der Waals surface area contributed by atoms with Crippen LogP contribution in [0.15, 0.2) is 16.4 Å². The summed E-state index contributed by atoms with van der Waals surface area (Å²) in [7, 11) is 0. The van der Waals surface area contributed by atoms with Gasteiger partial charge in [-0.15, -0.1) is 18.3 Å². The number of allylic oxidation sites excluding steroid dienone is 1. The molecule has 0 saturated carbocycles. The number of thiazole rings is 1. The van der Waals surface area contributed by atoms with Crippen LogP contribution in [0.3, 0.4) is 0 Å². The smallest absolute Gasteiger partial charge is 0.181 e. The molecule has 0 aliphatic carbocycles. The first kappa shape index (κ1) is 10.6. The molecule has 4 heteroatoms. The van der Waals surface area contributed by atoms with Crippen molar-refractivity contribution in [2.24, 2.45) is 0 Å². The number of aromatic nitrogens is 1. The van der Waals surface area contributed by atoms with Gasteiger partial charge in [0.25, 0.3) is 0 Å². The van der Waals surface area contributed by atoms with E-state index in [2.05, 4.69) is 18.5 Å². The average molecular weight is 214 g/mol. The van der Waals surface area contributed by atoms with E-state index >= 15 is 0 Å². The number of rotatable bonds is 4. The maximum Gasteiger partial charge on any atom is 0.181 e. The summed E-state index contributed by atoms with van der Waals surface area (Å²) in [4.78, 5) is 4.16. The highest BCUT2D eigenvalue weighted by Gasteiger charge is 2.04. The summed E-state index contributed by atoms with van der Waals surface area (Å²) in [5.74, 6) is 1.07. The lowest BCUT2D eigenvalue weighted by Crippen LogP contribution is -1.81. The quantitative estimate of drug-likeness (QED) is 0.618. The number of anilines is 1. The van der Waals surface area contributed by atoms with Gasteiger partial charge < -0.3 is 5.73 Å². The van der Waals surface area contributed by atoms with Crippen LogP contribution in [0.25, 0.3) is 0 Å². The van der Waals surface area contributed by atoms with Crippen LogP contribution in [0.5, 0.6) is 0 Å². The lowest BCUT2D eigenvalue weighted by Gasteiger charge is -1.98. The van der Waals surface area contributed by atoms with Gasteiger partial charge in [0.15, 0.2) is 5.13 Å². The van der Waals surface area contributed by atoms with E-state index in [0.717, 1.165) is 17.9 Å². The van der Waals surface area contributed by atoms with E-state index in [1.165, 1.54) is 9.78 Å². The van der Waals surface area contributed by atoms with Gasteiger partial charge in [-0.25, -0.2) is 4.98 Å². The Bertz CT molecular complexity index is 305.